The van der Waals surface area contributed by atoms with Crippen molar-refractivity contribution in [3.8, 4) is 0 Å². The maximum atomic E-state index is 6.18. The lowest BCUT2D eigenvalue weighted by Crippen LogP contribution is -2.51. The van der Waals surface area contributed by atoms with Gasteiger partial charge in [0.15, 0.2) is 0 Å². The van der Waals surface area contributed by atoms with Crippen LogP contribution >= 0.6 is 11.8 Å². The van der Waals surface area contributed by atoms with Crippen molar-refractivity contribution < 1.29 is 9.47 Å². The third-order valence-corrected chi connectivity index (χ3v) is 6.40. The zero-order chi connectivity index (χ0) is 13.9. The van der Waals surface area contributed by atoms with Gasteiger partial charge >= 0.3 is 0 Å². The van der Waals surface area contributed by atoms with Gasteiger partial charge in [0, 0.05) is 32.4 Å². The summed E-state index contributed by atoms with van der Waals surface area (Å²) in [5, 5.41) is 3.86. The molecule has 3 aliphatic rings. The Morgan fingerprint density at radius 1 is 1.10 bits per heavy atom. The second-order valence-electron chi connectivity index (χ2n) is 7.14. The molecule has 20 heavy (non-hydrogen) atoms. The van der Waals surface area contributed by atoms with Crippen molar-refractivity contribution in [2.24, 2.45) is 5.41 Å². The number of rotatable bonds is 3. The highest BCUT2D eigenvalue weighted by Gasteiger charge is 2.39. The van der Waals surface area contributed by atoms with Gasteiger partial charge in [-0.2, -0.15) is 11.8 Å². The molecule has 3 fully saturated rings. The van der Waals surface area contributed by atoms with Gasteiger partial charge in [-0.25, -0.2) is 0 Å². The van der Waals surface area contributed by atoms with E-state index >= 15 is 0 Å². The van der Waals surface area contributed by atoms with E-state index in [0.717, 1.165) is 26.4 Å². The third kappa shape index (κ3) is 3.70. The number of ether oxygens (including phenoxy) is 2. The summed E-state index contributed by atoms with van der Waals surface area (Å²) < 4.78 is 11.7. The van der Waals surface area contributed by atoms with E-state index in [1.165, 1.54) is 50.0 Å². The number of hydrogen-bond donors (Lipinski definition) is 1. The molecule has 1 unspecified atom stereocenters. The standard InChI is InChI=1S/C16H29NO2S/c1-15(3-8-18-9-4-15)13-17-14-2-7-19-16(12-14)5-10-20-11-6-16/h14,17H,2-13H2,1H3. The molecule has 3 heterocycles. The Hall–Kier alpha value is 0.230. The molecule has 116 valence electrons. The minimum Gasteiger partial charge on any atom is -0.381 e. The molecule has 0 aromatic rings. The van der Waals surface area contributed by atoms with Crippen molar-refractivity contribution in [1.82, 2.24) is 5.32 Å². The van der Waals surface area contributed by atoms with Gasteiger partial charge in [-0.05, 0) is 55.4 Å². The highest BCUT2D eigenvalue weighted by atomic mass is 32.2. The Kier molecular flexibility index (Phi) is 4.96. The van der Waals surface area contributed by atoms with E-state index in [9.17, 15) is 0 Å². The van der Waals surface area contributed by atoms with Gasteiger partial charge in [-0.1, -0.05) is 6.92 Å². The summed E-state index contributed by atoms with van der Waals surface area (Å²) in [6.45, 7) is 6.38. The Bertz CT molecular complexity index is 306. The van der Waals surface area contributed by atoms with Gasteiger partial charge < -0.3 is 14.8 Å². The molecule has 3 aliphatic heterocycles. The van der Waals surface area contributed by atoms with Crippen LogP contribution in [0.3, 0.4) is 0 Å². The van der Waals surface area contributed by atoms with Crippen molar-refractivity contribution in [3.05, 3.63) is 0 Å². The molecule has 0 amide bonds. The van der Waals surface area contributed by atoms with Gasteiger partial charge in [-0.3, -0.25) is 0 Å². The molecule has 1 N–H and O–H groups in total. The molecule has 0 aromatic carbocycles. The van der Waals surface area contributed by atoms with Crippen molar-refractivity contribution in [3.63, 3.8) is 0 Å². The van der Waals surface area contributed by atoms with Crippen LogP contribution in [0.5, 0.6) is 0 Å². The van der Waals surface area contributed by atoms with Gasteiger partial charge in [0.25, 0.3) is 0 Å². The lowest BCUT2D eigenvalue weighted by molar-refractivity contribution is -0.0946. The summed E-state index contributed by atoms with van der Waals surface area (Å²) in [4.78, 5) is 0. The molecule has 1 atom stereocenters. The van der Waals surface area contributed by atoms with E-state index < -0.39 is 0 Å². The summed E-state index contributed by atoms with van der Waals surface area (Å²) in [5.41, 5.74) is 0.643. The van der Waals surface area contributed by atoms with E-state index in [4.69, 9.17) is 9.47 Å². The van der Waals surface area contributed by atoms with Crippen LogP contribution in [0.4, 0.5) is 0 Å². The van der Waals surface area contributed by atoms with Crippen LogP contribution in [-0.4, -0.2) is 49.5 Å². The molecule has 0 bridgehead atoms. The lowest BCUT2D eigenvalue weighted by atomic mass is 9.81. The molecule has 0 aliphatic carbocycles. The van der Waals surface area contributed by atoms with Crippen LogP contribution in [0.2, 0.25) is 0 Å². The van der Waals surface area contributed by atoms with Crippen molar-refractivity contribution in [1.29, 1.82) is 0 Å². The van der Waals surface area contributed by atoms with Crippen molar-refractivity contribution >= 4 is 11.8 Å². The Morgan fingerprint density at radius 3 is 2.60 bits per heavy atom. The van der Waals surface area contributed by atoms with Gasteiger partial charge in [0.2, 0.25) is 0 Å². The first-order chi connectivity index (χ1) is 9.70. The largest absolute Gasteiger partial charge is 0.381 e. The first kappa shape index (κ1) is 15.1. The number of hydrogen-bond acceptors (Lipinski definition) is 4. The first-order valence-corrected chi connectivity index (χ1v) is 9.38. The molecule has 1 spiro atoms. The Morgan fingerprint density at radius 2 is 1.85 bits per heavy atom. The predicted octanol–water partition coefficient (Wildman–Crippen LogP) is 2.84. The van der Waals surface area contributed by atoms with Gasteiger partial charge in [0.1, 0.15) is 0 Å². The Labute approximate surface area is 127 Å². The van der Waals surface area contributed by atoms with Crippen LogP contribution in [-0.2, 0) is 9.47 Å². The van der Waals surface area contributed by atoms with Gasteiger partial charge in [0.05, 0.1) is 5.60 Å². The fraction of sp³-hybridized carbons (Fsp3) is 1.00. The van der Waals surface area contributed by atoms with E-state index in [0.29, 0.717) is 11.5 Å². The Balaban J connectivity index is 1.49. The topological polar surface area (TPSA) is 30.5 Å². The molecule has 0 aromatic heterocycles. The average Bonchev–Trinajstić information content (AvgIpc) is 2.47. The summed E-state index contributed by atoms with van der Waals surface area (Å²) in [6.07, 6.45) is 7.31. The lowest BCUT2D eigenvalue weighted by Gasteiger charge is -2.44. The van der Waals surface area contributed by atoms with Gasteiger partial charge in [-0.15, -0.1) is 0 Å². The van der Waals surface area contributed by atoms with Crippen molar-refractivity contribution in [2.75, 3.05) is 37.9 Å². The minimum absolute atomic E-state index is 0.206. The molecule has 0 radical (unpaired) electrons. The number of nitrogens with one attached hydrogen (secondary N) is 1. The summed E-state index contributed by atoms with van der Waals surface area (Å²) in [5.74, 6) is 2.56. The summed E-state index contributed by atoms with van der Waals surface area (Å²) in [6, 6.07) is 0.659. The average molecular weight is 299 g/mol. The van der Waals surface area contributed by atoms with Crippen molar-refractivity contribution in [2.45, 2.75) is 57.1 Å². The van der Waals surface area contributed by atoms with E-state index in [-0.39, 0.29) is 5.60 Å². The number of thioether (sulfide) groups is 1. The predicted molar refractivity (Wildman–Crippen MR) is 84.4 cm³/mol. The van der Waals surface area contributed by atoms with Crippen LogP contribution < -0.4 is 5.32 Å². The highest BCUT2D eigenvalue weighted by Crippen LogP contribution is 2.38. The summed E-state index contributed by atoms with van der Waals surface area (Å²) in [7, 11) is 0. The maximum Gasteiger partial charge on any atom is 0.0713 e. The zero-order valence-corrected chi connectivity index (χ0v) is 13.6. The maximum absolute atomic E-state index is 6.18. The third-order valence-electron chi connectivity index (χ3n) is 5.41. The monoisotopic (exact) mass is 299 g/mol. The normalized spacial score (nSPS) is 33.1. The first-order valence-electron chi connectivity index (χ1n) is 8.23. The van der Waals surface area contributed by atoms with Crippen LogP contribution in [0.25, 0.3) is 0 Å². The smallest absolute Gasteiger partial charge is 0.0713 e. The second kappa shape index (κ2) is 6.55. The molecular formula is C16H29NO2S. The SMILES string of the molecule is CC1(CNC2CCOC3(CCSCC3)C2)CCOCC1. The van der Waals surface area contributed by atoms with Crippen LogP contribution in [0, 0.1) is 5.41 Å². The molecular weight excluding hydrogens is 270 g/mol. The van der Waals surface area contributed by atoms with E-state index in [1.54, 1.807) is 0 Å². The molecule has 4 heteroatoms. The second-order valence-corrected chi connectivity index (χ2v) is 8.36. The molecule has 0 saturated carbocycles. The highest BCUT2D eigenvalue weighted by molar-refractivity contribution is 7.99. The quantitative estimate of drug-likeness (QED) is 0.868. The fourth-order valence-electron chi connectivity index (χ4n) is 3.73. The molecule has 3 saturated heterocycles. The zero-order valence-electron chi connectivity index (χ0n) is 12.8. The molecule has 3 rings (SSSR count). The minimum atomic E-state index is 0.206. The van der Waals surface area contributed by atoms with E-state index in [1.807, 2.05) is 0 Å². The summed E-state index contributed by atoms with van der Waals surface area (Å²) >= 11 is 2.08. The fourth-order valence-corrected chi connectivity index (χ4v) is 4.96. The molecule has 3 nitrogen and oxygen atoms in total. The van der Waals surface area contributed by atoms with E-state index in [2.05, 4.69) is 24.0 Å². The van der Waals surface area contributed by atoms with Crippen LogP contribution in [0.1, 0.15) is 45.4 Å². The van der Waals surface area contributed by atoms with Crippen LogP contribution in [0.15, 0.2) is 0 Å².